The SMILES string of the molecule is COCc1ccc2c(c1I)OCO2. The van der Waals surface area contributed by atoms with Crippen molar-refractivity contribution in [1.29, 1.82) is 0 Å². The van der Waals surface area contributed by atoms with E-state index in [0.29, 0.717) is 13.4 Å². The third kappa shape index (κ3) is 1.60. The molecular formula is C9H9IO3. The minimum absolute atomic E-state index is 0.321. The second-order valence-corrected chi connectivity index (χ2v) is 3.78. The van der Waals surface area contributed by atoms with Gasteiger partial charge in [-0.25, -0.2) is 0 Å². The third-order valence-electron chi connectivity index (χ3n) is 1.86. The van der Waals surface area contributed by atoms with Crippen LogP contribution >= 0.6 is 22.6 Å². The lowest BCUT2D eigenvalue weighted by Gasteiger charge is -2.05. The van der Waals surface area contributed by atoms with E-state index in [0.717, 1.165) is 20.6 Å². The van der Waals surface area contributed by atoms with Crippen LogP contribution in [0.2, 0.25) is 0 Å². The van der Waals surface area contributed by atoms with E-state index < -0.39 is 0 Å². The topological polar surface area (TPSA) is 27.7 Å². The van der Waals surface area contributed by atoms with Crippen molar-refractivity contribution in [3.63, 3.8) is 0 Å². The average Bonchev–Trinajstić information content (AvgIpc) is 2.58. The molecule has 1 aromatic rings. The van der Waals surface area contributed by atoms with E-state index >= 15 is 0 Å². The summed E-state index contributed by atoms with van der Waals surface area (Å²) in [6, 6.07) is 3.91. The van der Waals surface area contributed by atoms with Gasteiger partial charge in [0.1, 0.15) is 0 Å². The van der Waals surface area contributed by atoms with E-state index in [1.807, 2.05) is 12.1 Å². The molecule has 0 aliphatic carbocycles. The van der Waals surface area contributed by atoms with Gasteiger partial charge in [0, 0.05) is 7.11 Å². The van der Waals surface area contributed by atoms with Gasteiger partial charge in [-0.05, 0) is 34.2 Å². The van der Waals surface area contributed by atoms with Crippen molar-refractivity contribution in [2.24, 2.45) is 0 Å². The van der Waals surface area contributed by atoms with Gasteiger partial charge in [0.25, 0.3) is 0 Å². The summed E-state index contributed by atoms with van der Waals surface area (Å²) in [7, 11) is 1.68. The summed E-state index contributed by atoms with van der Waals surface area (Å²) in [4.78, 5) is 0. The molecule has 0 saturated heterocycles. The van der Waals surface area contributed by atoms with Crippen LogP contribution in [0.25, 0.3) is 0 Å². The molecule has 0 atom stereocenters. The van der Waals surface area contributed by atoms with E-state index in [1.165, 1.54) is 0 Å². The predicted molar refractivity (Wildman–Crippen MR) is 56.0 cm³/mol. The van der Waals surface area contributed by atoms with Gasteiger partial charge in [0.05, 0.1) is 10.2 Å². The molecule has 1 aromatic carbocycles. The van der Waals surface area contributed by atoms with Gasteiger partial charge in [-0.2, -0.15) is 0 Å². The van der Waals surface area contributed by atoms with Gasteiger partial charge in [-0.15, -0.1) is 0 Å². The number of benzene rings is 1. The second-order valence-electron chi connectivity index (χ2n) is 2.71. The highest BCUT2D eigenvalue weighted by Crippen LogP contribution is 2.38. The lowest BCUT2D eigenvalue weighted by Crippen LogP contribution is -1.95. The maximum Gasteiger partial charge on any atom is 0.231 e. The molecule has 0 N–H and O–H groups in total. The fourth-order valence-electron chi connectivity index (χ4n) is 1.25. The maximum absolute atomic E-state index is 5.33. The number of rotatable bonds is 2. The van der Waals surface area contributed by atoms with Crippen LogP contribution < -0.4 is 9.47 Å². The van der Waals surface area contributed by atoms with E-state index in [-0.39, 0.29) is 0 Å². The summed E-state index contributed by atoms with van der Waals surface area (Å²) in [5.41, 5.74) is 1.13. The van der Waals surface area contributed by atoms with Crippen molar-refractivity contribution < 1.29 is 14.2 Å². The maximum atomic E-state index is 5.33. The van der Waals surface area contributed by atoms with E-state index in [9.17, 15) is 0 Å². The van der Waals surface area contributed by atoms with Gasteiger partial charge in [0.2, 0.25) is 6.79 Å². The Labute approximate surface area is 90.1 Å². The Morgan fingerprint density at radius 2 is 2.31 bits per heavy atom. The normalized spacial score (nSPS) is 13.4. The van der Waals surface area contributed by atoms with Gasteiger partial charge in [0.15, 0.2) is 11.5 Å². The van der Waals surface area contributed by atoms with Gasteiger partial charge < -0.3 is 14.2 Å². The molecule has 0 saturated carbocycles. The zero-order chi connectivity index (χ0) is 9.26. The molecule has 2 rings (SSSR count). The number of halogens is 1. The number of methoxy groups -OCH3 is 1. The monoisotopic (exact) mass is 292 g/mol. The molecule has 0 amide bonds. The smallest absolute Gasteiger partial charge is 0.231 e. The van der Waals surface area contributed by atoms with Crippen LogP contribution in [-0.2, 0) is 11.3 Å². The van der Waals surface area contributed by atoms with Gasteiger partial charge in [-0.3, -0.25) is 0 Å². The molecule has 4 heteroatoms. The van der Waals surface area contributed by atoms with Gasteiger partial charge in [-0.1, -0.05) is 6.07 Å². The minimum atomic E-state index is 0.321. The Bertz CT molecular complexity index is 325. The molecule has 3 nitrogen and oxygen atoms in total. The first-order valence-electron chi connectivity index (χ1n) is 3.89. The standard InChI is InChI=1S/C9H9IO3/c1-11-4-6-2-3-7-9(8(6)10)13-5-12-7/h2-3H,4-5H2,1H3. The molecule has 0 unspecified atom stereocenters. The number of hydrogen-bond donors (Lipinski definition) is 0. The van der Waals surface area contributed by atoms with Crippen LogP contribution in [0.15, 0.2) is 12.1 Å². The van der Waals surface area contributed by atoms with Crippen LogP contribution in [0.3, 0.4) is 0 Å². The van der Waals surface area contributed by atoms with Crippen molar-refractivity contribution in [3.05, 3.63) is 21.3 Å². The molecule has 0 aromatic heterocycles. The minimum Gasteiger partial charge on any atom is -0.454 e. The summed E-state index contributed by atoms with van der Waals surface area (Å²) in [5.74, 6) is 1.67. The molecular weight excluding hydrogens is 283 g/mol. The molecule has 1 heterocycles. The van der Waals surface area contributed by atoms with E-state index in [2.05, 4.69) is 22.6 Å². The number of hydrogen-bond acceptors (Lipinski definition) is 3. The quantitative estimate of drug-likeness (QED) is 0.782. The van der Waals surface area contributed by atoms with Crippen LogP contribution in [0.5, 0.6) is 11.5 Å². The zero-order valence-corrected chi connectivity index (χ0v) is 9.33. The fourth-order valence-corrected chi connectivity index (χ4v) is 2.00. The Kier molecular flexibility index (Phi) is 2.59. The largest absolute Gasteiger partial charge is 0.454 e. The zero-order valence-electron chi connectivity index (χ0n) is 7.17. The Balaban J connectivity index is 2.40. The Hall–Kier alpha value is -0.490. The van der Waals surface area contributed by atoms with Crippen molar-refractivity contribution in [2.45, 2.75) is 6.61 Å². The van der Waals surface area contributed by atoms with Crippen LogP contribution in [-0.4, -0.2) is 13.9 Å². The highest BCUT2D eigenvalue weighted by molar-refractivity contribution is 14.1. The highest BCUT2D eigenvalue weighted by Gasteiger charge is 2.18. The second kappa shape index (κ2) is 3.71. The predicted octanol–water partition coefficient (Wildman–Crippen LogP) is 2.17. The molecule has 0 spiro atoms. The van der Waals surface area contributed by atoms with Crippen molar-refractivity contribution >= 4 is 22.6 Å². The molecule has 1 aliphatic rings. The van der Waals surface area contributed by atoms with E-state index in [1.54, 1.807) is 7.11 Å². The van der Waals surface area contributed by atoms with Crippen LogP contribution in [0, 0.1) is 3.57 Å². The Morgan fingerprint density at radius 3 is 3.08 bits per heavy atom. The van der Waals surface area contributed by atoms with Crippen molar-refractivity contribution in [3.8, 4) is 11.5 Å². The molecule has 0 radical (unpaired) electrons. The number of fused-ring (bicyclic) bond motifs is 1. The summed E-state index contributed by atoms with van der Waals surface area (Å²) >= 11 is 2.24. The lowest BCUT2D eigenvalue weighted by molar-refractivity contribution is 0.172. The first kappa shape index (κ1) is 9.08. The molecule has 13 heavy (non-hydrogen) atoms. The molecule has 0 bridgehead atoms. The van der Waals surface area contributed by atoms with Gasteiger partial charge >= 0.3 is 0 Å². The molecule has 0 fully saturated rings. The summed E-state index contributed by atoms with van der Waals surface area (Å²) in [6.45, 7) is 0.927. The first-order valence-corrected chi connectivity index (χ1v) is 4.96. The number of ether oxygens (including phenoxy) is 3. The van der Waals surface area contributed by atoms with Crippen LogP contribution in [0.4, 0.5) is 0 Å². The average molecular weight is 292 g/mol. The van der Waals surface area contributed by atoms with Crippen molar-refractivity contribution in [1.82, 2.24) is 0 Å². The highest BCUT2D eigenvalue weighted by atomic mass is 127. The molecule has 70 valence electrons. The molecule has 1 aliphatic heterocycles. The lowest BCUT2D eigenvalue weighted by atomic mass is 10.2. The van der Waals surface area contributed by atoms with Crippen LogP contribution in [0.1, 0.15) is 5.56 Å². The van der Waals surface area contributed by atoms with Crippen molar-refractivity contribution in [2.75, 3.05) is 13.9 Å². The van der Waals surface area contributed by atoms with E-state index in [4.69, 9.17) is 14.2 Å². The fraction of sp³-hybridized carbons (Fsp3) is 0.333. The summed E-state index contributed by atoms with van der Waals surface area (Å²) < 4.78 is 16.7. The summed E-state index contributed by atoms with van der Waals surface area (Å²) in [5, 5.41) is 0. The third-order valence-corrected chi connectivity index (χ3v) is 3.04. The summed E-state index contributed by atoms with van der Waals surface area (Å²) in [6.07, 6.45) is 0. The first-order chi connectivity index (χ1) is 6.33. The Morgan fingerprint density at radius 1 is 1.46 bits per heavy atom.